The molecule has 0 radical (unpaired) electrons. The Morgan fingerprint density at radius 3 is 2.56 bits per heavy atom. The number of hydrazone groups is 1. The van der Waals surface area contributed by atoms with Crippen molar-refractivity contribution in [3.8, 4) is 17.2 Å². The van der Waals surface area contributed by atoms with E-state index in [1.54, 1.807) is 37.4 Å². The summed E-state index contributed by atoms with van der Waals surface area (Å²) in [7, 11) is 1.58. The first-order chi connectivity index (χ1) is 12.1. The van der Waals surface area contributed by atoms with Crippen LogP contribution in [-0.2, 0) is 4.79 Å². The Bertz CT molecular complexity index is 732. The minimum Gasteiger partial charge on any atom is -0.497 e. The van der Waals surface area contributed by atoms with Gasteiger partial charge in [0.2, 0.25) is 0 Å². The number of carbonyl (C=O) groups is 1. The van der Waals surface area contributed by atoms with E-state index in [9.17, 15) is 4.79 Å². The average molecular weight is 407 g/mol. The maximum Gasteiger partial charge on any atom is 0.277 e. The van der Waals surface area contributed by atoms with Crippen LogP contribution < -0.4 is 19.6 Å². The van der Waals surface area contributed by atoms with Crippen LogP contribution in [-0.4, -0.2) is 32.4 Å². The van der Waals surface area contributed by atoms with Crippen molar-refractivity contribution >= 4 is 28.1 Å². The third-order valence-corrected chi connectivity index (χ3v) is 3.62. The van der Waals surface area contributed by atoms with Gasteiger partial charge in [0.15, 0.2) is 6.61 Å². The topological polar surface area (TPSA) is 69.2 Å². The standard InChI is InChI=1S/C18H19BrN2O4/c1-3-24-17-9-8-16(23-2)10-13(17)11-20-21-18(22)12-25-15-6-4-14(19)5-7-15/h4-11H,3,12H2,1-2H3,(H,21,22). The molecule has 0 bridgehead atoms. The summed E-state index contributed by atoms with van der Waals surface area (Å²) in [6, 6.07) is 12.6. The molecule has 1 N–H and O–H groups in total. The normalized spacial score (nSPS) is 10.5. The van der Waals surface area contributed by atoms with Crippen molar-refractivity contribution in [3.05, 3.63) is 52.5 Å². The molecule has 132 valence electrons. The molecule has 0 aliphatic heterocycles. The number of hydrogen-bond acceptors (Lipinski definition) is 5. The van der Waals surface area contributed by atoms with Gasteiger partial charge in [-0.25, -0.2) is 5.43 Å². The van der Waals surface area contributed by atoms with Gasteiger partial charge in [0, 0.05) is 10.0 Å². The summed E-state index contributed by atoms with van der Waals surface area (Å²) in [5.74, 6) is 1.58. The van der Waals surface area contributed by atoms with Gasteiger partial charge < -0.3 is 14.2 Å². The molecule has 0 heterocycles. The Morgan fingerprint density at radius 2 is 1.88 bits per heavy atom. The fraction of sp³-hybridized carbons (Fsp3) is 0.222. The maximum absolute atomic E-state index is 11.8. The van der Waals surface area contributed by atoms with Gasteiger partial charge in [-0.1, -0.05) is 15.9 Å². The average Bonchev–Trinajstić information content (AvgIpc) is 2.62. The first-order valence-corrected chi connectivity index (χ1v) is 8.42. The van der Waals surface area contributed by atoms with Gasteiger partial charge in [-0.05, 0) is 49.4 Å². The number of ether oxygens (including phenoxy) is 3. The summed E-state index contributed by atoms with van der Waals surface area (Å²) in [5.41, 5.74) is 3.12. The zero-order chi connectivity index (χ0) is 18.1. The molecule has 1 amide bonds. The van der Waals surface area contributed by atoms with E-state index in [1.165, 1.54) is 6.21 Å². The van der Waals surface area contributed by atoms with Crippen molar-refractivity contribution in [2.45, 2.75) is 6.92 Å². The van der Waals surface area contributed by atoms with Crippen LogP contribution in [0.1, 0.15) is 12.5 Å². The largest absolute Gasteiger partial charge is 0.497 e. The Morgan fingerprint density at radius 1 is 1.16 bits per heavy atom. The fourth-order valence-corrected chi connectivity index (χ4v) is 2.19. The van der Waals surface area contributed by atoms with E-state index in [-0.39, 0.29) is 12.5 Å². The van der Waals surface area contributed by atoms with Gasteiger partial charge in [-0.15, -0.1) is 0 Å². The Labute approximate surface area is 154 Å². The molecule has 0 saturated heterocycles. The number of hydrogen-bond donors (Lipinski definition) is 1. The maximum atomic E-state index is 11.8. The molecule has 0 aliphatic carbocycles. The van der Waals surface area contributed by atoms with Crippen LogP contribution in [0.25, 0.3) is 0 Å². The first kappa shape index (κ1) is 18.8. The highest BCUT2D eigenvalue weighted by Crippen LogP contribution is 2.22. The van der Waals surface area contributed by atoms with Crippen LogP contribution in [0.4, 0.5) is 0 Å². The smallest absolute Gasteiger partial charge is 0.277 e. The van der Waals surface area contributed by atoms with Crippen LogP contribution in [0, 0.1) is 0 Å². The predicted molar refractivity (Wildman–Crippen MR) is 99.5 cm³/mol. The molecule has 0 saturated carbocycles. The highest BCUT2D eigenvalue weighted by Gasteiger charge is 2.05. The second-order valence-electron chi connectivity index (χ2n) is 4.87. The SMILES string of the molecule is CCOc1ccc(OC)cc1C=NNC(=O)COc1ccc(Br)cc1. The number of methoxy groups -OCH3 is 1. The lowest BCUT2D eigenvalue weighted by molar-refractivity contribution is -0.123. The molecule has 0 aromatic heterocycles. The molecule has 25 heavy (non-hydrogen) atoms. The minimum absolute atomic E-state index is 0.130. The number of nitrogens with zero attached hydrogens (tertiary/aromatic N) is 1. The van der Waals surface area contributed by atoms with E-state index < -0.39 is 0 Å². The number of benzene rings is 2. The number of carbonyl (C=O) groups excluding carboxylic acids is 1. The third kappa shape index (κ3) is 6.11. The van der Waals surface area contributed by atoms with Gasteiger partial charge in [-0.2, -0.15) is 5.10 Å². The Kier molecular flexibility index (Phi) is 7.28. The highest BCUT2D eigenvalue weighted by molar-refractivity contribution is 9.10. The van der Waals surface area contributed by atoms with E-state index in [1.807, 2.05) is 19.1 Å². The summed E-state index contributed by atoms with van der Waals surface area (Å²) in [6.07, 6.45) is 1.51. The summed E-state index contributed by atoms with van der Waals surface area (Å²) in [5, 5.41) is 3.94. The van der Waals surface area contributed by atoms with E-state index >= 15 is 0 Å². The van der Waals surface area contributed by atoms with Crippen LogP contribution in [0.15, 0.2) is 52.0 Å². The molecule has 2 aromatic rings. The molecule has 2 rings (SSSR count). The summed E-state index contributed by atoms with van der Waals surface area (Å²) in [6.45, 7) is 2.29. The fourth-order valence-electron chi connectivity index (χ4n) is 1.93. The molecule has 0 spiro atoms. The lowest BCUT2D eigenvalue weighted by Crippen LogP contribution is -2.24. The predicted octanol–water partition coefficient (Wildman–Crippen LogP) is 3.39. The van der Waals surface area contributed by atoms with Gasteiger partial charge in [0.25, 0.3) is 5.91 Å². The molecule has 0 unspecified atom stereocenters. The number of nitrogens with one attached hydrogen (secondary N) is 1. The molecule has 0 aliphatic rings. The van der Waals surface area contributed by atoms with E-state index in [2.05, 4.69) is 26.5 Å². The van der Waals surface area contributed by atoms with Crippen LogP contribution >= 0.6 is 15.9 Å². The molecule has 2 aromatic carbocycles. The molecular formula is C18H19BrN2O4. The monoisotopic (exact) mass is 406 g/mol. The number of rotatable bonds is 8. The van der Waals surface area contributed by atoms with E-state index in [0.717, 1.165) is 4.47 Å². The summed E-state index contributed by atoms with van der Waals surface area (Å²) >= 11 is 3.34. The molecule has 7 heteroatoms. The number of amides is 1. The third-order valence-electron chi connectivity index (χ3n) is 3.09. The van der Waals surface area contributed by atoms with Crippen molar-refractivity contribution in [1.29, 1.82) is 0 Å². The zero-order valence-electron chi connectivity index (χ0n) is 14.0. The molecular weight excluding hydrogens is 388 g/mol. The zero-order valence-corrected chi connectivity index (χ0v) is 15.6. The summed E-state index contributed by atoms with van der Waals surface area (Å²) in [4.78, 5) is 11.8. The van der Waals surface area contributed by atoms with Gasteiger partial charge in [0.05, 0.1) is 19.9 Å². The Balaban J connectivity index is 1.91. The quantitative estimate of drug-likeness (QED) is 0.538. The molecule has 0 fully saturated rings. The Hall–Kier alpha value is -2.54. The second-order valence-corrected chi connectivity index (χ2v) is 5.79. The molecule has 6 nitrogen and oxygen atoms in total. The molecule has 0 atom stereocenters. The highest BCUT2D eigenvalue weighted by atomic mass is 79.9. The van der Waals surface area contributed by atoms with E-state index in [4.69, 9.17) is 14.2 Å². The second kappa shape index (κ2) is 9.68. The summed E-state index contributed by atoms with van der Waals surface area (Å²) < 4.78 is 17.0. The van der Waals surface area contributed by atoms with Crippen molar-refractivity contribution in [2.24, 2.45) is 5.10 Å². The van der Waals surface area contributed by atoms with Gasteiger partial charge >= 0.3 is 0 Å². The number of halogens is 1. The minimum atomic E-state index is -0.361. The lowest BCUT2D eigenvalue weighted by Gasteiger charge is -2.09. The van der Waals surface area contributed by atoms with Crippen LogP contribution in [0.3, 0.4) is 0 Å². The van der Waals surface area contributed by atoms with Crippen molar-refractivity contribution in [1.82, 2.24) is 5.43 Å². The van der Waals surface area contributed by atoms with E-state index in [0.29, 0.717) is 29.4 Å². The first-order valence-electron chi connectivity index (χ1n) is 7.63. The van der Waals surface area contributed by atoms with Crippen molar-refractivity contribution in [2.75, 3.05) is 20.3 Å². The van der Waals surface area contributed by atoms with Crippen molar-refractivity contribution in [3.63, 3.8) is 0 Å². The van der Waals surface area contributed by atoms with Crippen LogP contribution in [0.5, 0.6) is 17.2 Å². The van der Waals surface area contributed by atoms with Gasteiger partial charge in [-0.3, -0.25) is 4.79 Å². The van der Waals surface area contributed by atoms with Crippen LogP contribution in [0.2, 0.25) is 0 Å². The van der Waals surface area contributed by atoms with Gasteiger partial charge in [0.1, 0.15) is 17.2 Å². The van der Waals surface area contributed by atoms with Crippen molar-refractivity contribution < 1.29 is 19.0 Å². The lowest BCUT2D eigenvalue weighted by atomic mass is 10.2.